The highest BCUT2D eigenvalue weighted by molar-refractivity contribution is 7.95. The van der Waals surface area contributed by atoms with Gasteiger partial charge in [0.2, 0.25) is 0 Å². The van der Waals surface area contributed by atoms with Gasteiger partial charge in [-0.2, -0.15) is 0 Å². The Morgan fingerprint density at radius 2 is 1.00 bits per heavy atom. The van der Waals surface area contributed by atoms with E-state index in [4.69, 9.17) is 0 Å². The van der Waals surface area contributed by atoms with Crippen LogP contribution < -0.4 is 21.2 Å². The molecule has 1 saturated carbocycles. The van der Waals surface area contributed by atoms with Crippen molar-refractivity contribution in [1.82, 2.24) is 5.32 Å². The first-order chi connectivity index (χ1) is 17.9. The minimum absolute atomic E-state index is 1.03. The zero-order valence-corrected chi connectivity index (χ0v) is 23.2. The fourth-order valence-electron chi connectivity index (χ4n) is 6.13. The zero-order chi connectivity index (χ0) is 24.7. The number of benzene rings is 3. The molecule has 0 aliphatic heterocycles. The number of nitrogens with one attached hydrogen (secondary N) is 1. The van der Waals surface area contributed by atoms with Gasteiger partial charge in [0.1, 0.15) is 23.2 Å². The standard InChI is InChI=1S/C34H47NP/c1(2-16-28-35-29-18-21-31-19-8-4-9-20-31)3-17-30-36(32-22-10-5-11-23-32,33-24-12-6-13-25-33)34-26-14-7-15-27-34/h5-7,10-15,22-27,31,35H,1-4,8-9,16-21,28-30H2/q+1. The Hall–Kier alpha value is -1.95. The van der Waals surface area contributed by atoms with Gasteiger partial charge in [-0.3, -0.25) is 0 Å². The minimum Gasteiger partial charge on any atom is -0.317 e. The highest BCUT2D eigenvalue weighted by Crippen LogP contribution is 2.56. The fourth-order valence-corrected chi connectivity index (χ4v) is 10.5. The normalized spacial score (nSPS) is 14.7. The maximum atomic E-state index is 3.71. The summed E-state index contributed by atoms with van der Waals surface area (Å²) in [6.07, 6.45) is 18.1. The summed E-state index contributed by atoms with van der Waals surface area (Å²) in [6.45, 7) is 2.41. The van der Waals surface area contributed by atoms with Crippen LogP contribution in [0.3, 0.4) is 0 Å². The minimum atomic E-state index is -1.65. The van der Waals surface area contributed by atoms with Crippen molar-refractivity contribution in [2.75, 3.05) is 19.3 Å². The SMILES string of the molecule is c1ccc([P+](CCCCCCCNCCCC2CCCCC2)(c2ccccc2)c2ccccc2)cc1. The van der Waals surface area contributed by atoms with E-state index in [1.165, 1.54) is 112 Å². The second-order valence-electron chi connectivity index (χ2n) is 10.7. The summed E-state index contributed by atoms with van der Waals surface area (Å²) < 4.78 is 0. The van der Waals surface area contributed by atoms with Crippen LogP contribution >= 0.6 is 7.26 Å². The molecule has 192 valence electrons. The molecule has 0 amide bonds. The average molecular weight is 501 g/mol. The number of hydrogen-bond donors (Lipinski definition) is 1. The van der Waals surface area contributed by atoms with Crippen molar-refractivity contribution >= 4 is 23.2 Å². The molecular formula is C34H47NP+. The van der Waals surface area contributed by atoms with Crippen molar-refractivity contribution in [2.24, 2.45) is 5.92 Å². The van der Waals surface area contributed by atoms with Crippen LogP contribution in [0.25, 0.3) is 0 Å². The van der Waals surface area contributed by atoms with E-state index >= 15 is 0 Å². The molecule has 1 aliphatic carbocycles. The Bertz CT molecular complexity index is 854. The average Bonchev–Trinajstić information content (AvgIpc) is 2.96. The van der Waals surface area contributed by atoms with Gasteiger partial charge in [-0.1, -0.05) is 99.5 Å². The smallest absolute Gasteiger partial charge is 0.112 e. The van der Waals surface area contributed by atoms with E-state index in [-0.39, 0.29) is 0 Å². The molecule has 3 aromatic carbocycles. The third-order valence-corrected chi connectivity index (χ3v) is 12.7. The quantitative estimate of drug-likeness (QED) is 0.165. The Kier molecular flexibility index (Phi) is 11.5. The lowest BCUT2D eigenvalue weighted by Crippen LogP contribution is -2.33. The molecule has 2 heteroatoms. The molecule has 0 atom stereocenters. The molecule has 36 heavy (non-hydrogen) atoms. The molecule has 0 aromatic heterocycles. The first-order valence-electron chi connectivity index (χ1n) is 14.7. The van der Waals surface area contributed by atoms with E-state index < -0.39 is 7.26 Å². The van der Waals surface area contributed by atoms with Gasteiger partial charge in [0.25, 0.3) is 0 Å². The Morgan fingerprint density at radius 1 is 0.528 bits per heavy atom. The van der Waals surface area contributed by atoms with Crippen molar-refractivity contribution in [1.29, 1.82) is 0 Å². The van der Waals surface area contributed by atoms with E-state index in [9.17, 15) is 0 Å². The molecule has 1 N–H and O–H groups in total. The summed E-state index contributed by atoms with van der Waals surface area (Å²) in [5.41, 5.74) is 0. The van der Waals surface area contributed by atoms with Crippen LogP contribution in [0, 0.1) is 5.92 Å². The third kappa shape index (κ3) is 7.77. The molecule has 1 aliphatic rings. The highest BCUT2D eigenvalue weighted by Gasteiger charge is 2.44. The van der Waals surface area contributed by atoms with Crippen molar-refractivity contribution < 1.29 is 0 Å². The van der Waals surface area contributed by atoms with E-state index in [0.29, 0.717) is 0 Å². The molecular weight excluding hydrogens is 453 g/mol. The van der Waals surface area contributed by atoms with Crippen LogP contribution in [0.5, 0.6) is 0 Å². The summed E-state index contributed by atoms with van der Waals surface area (Å²) in [4.78, 5) is 0. The number of hydrogen-bond acceptors (Lipinski definition) is 1. The lowest BCUT2D eigenvalue weighted by molar-refractivity contribution is 0.330. The highest BCUT2D eigenvalue weighted by atomic mass is 31.2. The van der Waals surface area contributed by atoms with Gasteiger partial charge in [-0.15, -0.1) is 0 Å². The van der Waals surface area contributed by atoms with Gasteiger partial charge < -0.3 is 5.32 Å². The van der Waals surface area contributed by atoms with Gasteiger partial charge >= 0.3 is 0 Å². The number of unbranched alkanes of at least 4 members (excludes halogenated alkanes) is 4. The largest absolute Gasteiger partial charge is 0.317 e. The van der Waals surface area contributed by atoms with Crippen LogP contribution in [-0.4, -0.2) is 19.3 Å². The Balaban J connectivity index is 1.25. The summed E-state index contributed by atoms with van der Waals surface area (Å²) in [5.74, 6) is 1.03. The molecule has 0 spiro atoms. The summed E-state index contributed by atoms with van der Waals surface area (Å²) in [6, 6.07) is 34.0. The molecule has 0 unspecified atom stereocenters. The lowest BCUT2D eigenvalue weighted by atomic mass is 9.86. The van der Waals surface area contributed by atoms with E-state index in [1.807, 2.05) is 0 Å². The molecule has 3 aromatic rings. The van der Waals surface area contributed by atoms with Gasteiger partial charge in [0.05, 0.1) is 6.16 Å². The van der Waals surface area contributed by atoms with E-state index in [0.717, 1.165) is 5.92 Å². The molecule has 4 rings (SSSR count). The van der Waals surface area contributed by atoms with Crippen LogP contribution in [-0.2, 0) is 0 Å². The molecule has 0 bridgehead atoms. The maximum Gasteiger partial charge on any atom is 0.112 e. The lowest BCUT2D eigenvalue weighted by Gasteiger charge is -2.27. The Morgan fingerprint density at radius 3 is 1.56 bits per heavy atom. The van der Waals surface area contributed by atoms with E-state index in [1.54, 1.807) is 0 Å². The molecule has 1 fully saturated rings. The first-order valence-corrected chi connectivity index (χ1v) is 16.6. The van der Waals surface area contributed by atoms with Crippen LogP contribution in [0.4, 0.5) is 0 Å². The van der Waals surface area contributed by atoms with Crippen LogP contribution in [0.15, 0.2) is 91.0 Å². The third-order valence-electron chi connectivity index (χ3n) is 8.13. The van der Waals surface area contributed by atoms with Gasteiger partial charge in [-0.25, -0.2) is 0 Å². The van der Waals surface area contributed by atoms with Crippen molar-refractivity contribution in [3.05, 3.63) is 91.0 Å². The van der Waals surface area contributed by atoms with Gasteiger partial charge in [0.15, 0.2) is 0 Å². The fraction of sp³-hybridized carbons (Fsp3) is 0.471. The second kappa shape index (κ2) is 15.3. The summed E-state index contributed by atoms with van der Waals surface area (Å²) >= 11 is 0. The predicted octanol–water partition coefficient (Wildman–Crippen LogP) is 7.88. The molecule has 0 heterocycles. The summed E-state index contributed by atoms with van der Waals surface area (Å²) in [5, 5.41) is 8.25. The summed E-state index contributed by atoms with van der Waals surface area (Å²) in [7, 11) is -1.65. The van der Waals surface area contributed by atoms with Crippen molar-refractivity contribution in [2.45, 2.75) is 77.0 Å². The topological polar surface area (TPSA) is 12.0 Å². The zero-order valence-electron chi connectivity index (χ0n) is 22.3. The van der Waals surface area contributed by atoms with Crippen molar-refractivity contribution in [3.8, 4) is 0 Å². The maximum absolute atomic E-state index is 3.71. The molecule has 0 saturated heterocycles. The van der Waals surface area contributed by atoms with Crippen LogP contribution in [0.1, 0.15) is 77.0 Å². The molecule has 0 radical (unpaired) electrons. The van der Waals surface area contributed by atoms with Gasteiger partial charge in [-0.05, 0) is 87.5 Å². The predicted molar refractivity (Wildman–Crippen MR) is 162 cm³/mol. The van der Waals surface area contributed by atoms with Crippen LogP contribution in [0.2, 0.25) is 0 Å². The number of rotatable bonds is 15. The second-order valence-corrected chi connectivity index (χ2v) is 14.3. The van der Waals surface area contributed by atoms with Gasteiger partial charge in [0, 0.05) is 0 Å². The molecule has 1 nitrogen and oxygen atoms in total. The monoisotopic (exact) mass is 500 g/mol. The first kappa shape index (κ1) is 27.1. The Labute approximate surface area is 221 Å². The van der Waals surface area contributed by atoms with Crippen molar-refractivity contribution in [3.63, 3.8) is 0 Å². The van der Waals surface area contributed by atoms with E-state index in [2.05, 4.69) is 96.3 Å².